The number of rotatable bonds is 2. The zero-order valence-corrected chi connectivity index (χ0v) is 10.0. The van der Waals surface area contributed by atoms with E-state index in [0.29, 0.717) is 0 Å². The topological polar surface area (TPSA) is 34.1 Å². The number of hydrogen-bond donors (Lipinski definition) is 0. The van der Waals surface area contributed by atoms with Crippen molar-refractivity contribution >= 4 is 10.2 Å². The van der Waals surface area contributed by atoms with Crippen LogP contribution >= 0.6 is 0 Å². The normalized spacial score (nSPS) is 11.4. The van der Waals surface area contributed by atoms with Crippen LogP contribution in [0.15, 0.2) is 53.4 Å². The standard InChI is InChI=1S/C13H11FO2S/c1-10-7-8-12(17(14,15)16)9-13(10)11-5-3-2-4-6-11/h2-9H,1H3. The number of benzene rings is 2. The van der Waals surface area contributed by atoms with Gasteiger partial charge in [0.05, 0.1) is 4.90 Å². The molecule has 0 N–H and O–H groups in total. The predicted molar refractivity (Wildman–Crippen MR) is 64.9 cm³/mol. The van der Waals surface area contributed by atoms with Gasteiger partial charge in [-0.3, -0.25) is 0 Å². The van der Waals surface area contributed by atoms with E-state index in [1.165, 1.54) is 12.1 Å². The molecule has 2 rings (SSSR count). The lowest BCUT2D eigenvalue weighted by Gasteiger charge is -2.07. The molecule has 4 heteroatoms. The molecule has 0 spiro atoms. The van der Waals surface area contributed by atoms with Crippen molar-refractivity contribution in [3.8, 4) is 11.1 Å². The van der Waals surface area contributed by atoms with Gasteiger partial charge in [-0.05, 0) is 35.7 Å². The van der Waals surface area contributed by atoms with Gasteiger partial charge < -0.3 is 0 Å². The van der Waals surface area contributed by atoms with E-state index in [-0.39, 0.29) is 4.90 Å². The molecule has 0 atom stereocenters. The summed E-state index contributed by atoms with van der Waals surface area (Å²) < 4.78 is 34.6. The minimum Gasteiger partial charge on any atom is -0.189 e. The van der Waals surface area contributed by atoms with Gasteiger partial charge >= 0.3 is 10.2 Å². The first-order chi connectivity index (χ1) is 7.98. The van der Waals surface area contributed by atoms with Gasteiger partial charge in [-0.15, -0.1) is 3.89 Å². The third kappa shape index (κ3) is 2.53. The molecule has 0 amide bonds. The zero-order valence-electron chi connectivity index (χ0n) is 9.22. The van der Waals surface area contributed by atoms with Crippen molar-refractivity contribution in [2.24, 2.45) is 0 Å². The van der Waals surface area contributed by atoms with Crippen LogP contribution in [0, 0.1) is 6.92 Å². The van der Waals surface area contributed by atoms with Crippen LogP contribution in [0.2, 0.25) is 0 Å². The van der Waals surface area contributed by atoms with E-state index >= 15 is 0 Å². The maximum absolute atomic E-state index is 12.9. The second kappa shape index (κ2) is 4.30. The minimum atomic E-state index is -4.65. The molecular formula is C13H11FO2S. The van der Waals surface area contributed by atoms with Gasteiger partial charge in [0.1, 0.15) is 0 Å². The largest absolute Gasteiger partial charge is 0.332 e. The van der Waals surface area contributed by atoms with Gasteiger partial charge in [0, 0.05) is 0 Å². The van der Waals surface area contributed by atoms with Gasteiger partial charge in [-0.1, -0.05) is 36.4 Å². The zero-order chi connectivity index (χ0) is 12.5. The molecule has 2 aromatic rings. The minimum absolute atomic E-state index is 0.304. The average molecular weight is 250 g/mol. The van der Waals surface area contributed by atoms with E-state index in [4.69, 9.17) is 0 Å². The molecule has 0 unspecified atom stereocenters. The summed E-state index contributed by atoms with van der Waals surface area (Å²) in [7, 11) is -4.65. The Labute approximate surface area is 99.9 Å². The fraction of sp³-hybridized carbons (Fsp3) is 0.0769. The molecule has 0 radical (unpaired) electrons. The van der Waals surface area contributed by atoms with Crippen LogP contribution in [0.25, 0.3) is 11.1 Å². The van der Waals surface area contributed by atoms with E-state index < -0.39 is 10.2 Å². The maximum atomic E-state index is 12.9. The number of halogens is 1. The molecule has 0 saturated carbocycles. The Morgan fingerprint density at radius 1 is 1.00 bits per heavy atom. The fourth-order valence-electron chi connectivity index (χ4n) is 1.68. The van der Waals surface area contributed by atoms with Crippen molar-refractivity contribution < 1.29 is 12.3 Å². The lowest BCUT2D eigenvalue weighted by atomic mass is 10.0. The van der Waals surface area contributed by atoms with E-state index in [1.807, 2.05) is 37.3 Å². The Bertz CT molecular complexity index is 634. The van der Waals surface area contributed by atoms with Gasteiger partial charge in [0.15, 0.2) is 0 Å². The van der Waals surface area contributed by atoms with Crippen LogP contribution in [0.1, 0.15) is 5.56 Å². The molecule has 88 valence electrons. The maximum Gasteiger partial charge on any atom is 0.332 e. The van der Waals surface area contributed by atoms with Crippen molar-refractivity contribution in [1.29, 1.82) is 0 Å². The SMILES string of the molecule is Cc1ccc(S(=O)(=O)F)cc1-c1ccccc1. The summed E-state index contributed by atoms with van der Waals surface area (Å²) in [5.74, 6) is 0. The first-order valence-electron chi connectivity index (χ1n) is 5.09. The molecule has 0 heterocycles. The molecule has 17 heavy (non-hydrogen) atoms. The van der Waals surface area contributed by atoms with Crippen LogP contribution in [0.5, 0.6) is 0 Å². The summed E-state index contributed by atoms with van der Waals surface area (Å²) in [6.45, 7) is 1.86. The third-order valence-corrected chi connectivity index (χ3v) is 3.39. The summed E-state index contributed by atoms with van der Waals surface area (Å²) in [4.78, 5) is -0.304. The first-order valence-corrected chi connectivity index (χ1v) is 6.47. The molecule has 0 saturated heterocycles. The molecule has 0 aliphatic heterocycles. The molecule has 0 aliphatic rings. The Kier molecular flexibility index (Phi) is 2.98. The second-order valence-corrected chi connectivity index (χ2v) is 5.13. The van der Waals surface area contributed by atoms with Gasteiger partial charge in [-0.2, -0.15) is 8.42 Å². The Balaban J connectivity index is 2.63. The highest BCUT2D eigenvalue weighted by molar-refractivity contribution is 7.86. The summed E-state index contributed by atoms with van der Waals surface area (Å²) in [6.07, 6.45) is 0. The number of hydrogen-bond acceptors (Lipinski definition) is 2. The molecule has 0 aromatic heterocycles. The monoisotopic (exact) mass is 250 g/mol. The molecule has 0 aliphatic carbocycles. The summed E-state index contributed by atoms with van der Waals surface area (Å²) >= 11 is 0. The third-order valence-electron chi connectivity index (χ3n) is 2.58. The van der Waals surface area contributed by atoms with Crippen molar-refractivity contribution in [3.05, 3.63) is 54.1 Å². The molecule has 0 fully saturated rings. The first kappa shape index (κ1) is 11.8. The number of aryl methyl sites for hydroxylation is 1. The average Bonchev–Trinajstić information content (AvgIpc) is 2.29. The quantitative estimate of drug-likeness (QED) is 0.766. The van der Waals surface area contributed by atoms with Crippen molar-refractivity contribution in [2.75, 3.05) is 0 Å². The van der Waals surface area contributed by atoms with Crippen LogP contribution in [0.3, 0.4) is 0 Å². The summed E-state index contributed by atoms with van der Waals surface area (Å²) in [5.41, 5.74) is 2.50. The van der Waals surface area contributed by atoms with Gasteiger partial charge in [0.2, 0.25) is 0 Å². The van der Waals surface area contributed by atoms with Crippen LogP contribution in [-0.2, 0) is 10.2 Å². The molecule has 2 aromatic carbocycles. The van der Waals surface area contributed by atoms with E-state index in [9.17, 15) is 12.3 Å². The van der Waals surface area contributed by atoms with Gasteiger partial charge in [0.25, 0.3) is 0 Å². The Morgan fingerprint density at radius 2 is 1.65 bits per heavy atom. The van der Waals surface area contributed by atoms with E-state index in [1.54, 1.807) is 6.07 Å². The lowest BCUT2D eigenvalue weighted by molar-refractivity contribution is 0.552. The summed E-state index contributed by atoms with van der Waals surface area (Å²) in [6, 6.07) is 13.5. The highest BCUT2D eigenvalue weighted by Gasteiger charge is 2.13. The van der Waals surface area contributed by atoms with Gasteiger partial charge in [-0.25, -0.2) is 0 Å². The highest BCUT2D eigenvalue weighted by atomic mass is 32.3. The molecule has 0 bridgehead atoms. The van der Waals surface area contributed by atoms with E-state index in [2.05, 4.69) is 0 Å². The second-order valence-electron chi connectivity index (χ2n) is 3.78. The smallest absolute Gasteiger partial charge is 0.189 e. The van der Waals surface area contributed by atoms with E-state index in [0.717, 1.165) is 16.7 Å². The van der Waals surface area contributed by atoms with Crippen molar-refractivity contribution in [3.63, 3.8) is 0 Å². The molecular weight excluding hydrogens is 239 g/mol. The molecule has 2 nitrogen and oxygen atoms in total. The highest BCUT2D eigenvalue weighted by Crippen LogP contribution is 2.26. The Morgan fingerprint density at radius 3 is 2.24 bits per heavy atom. The van der Waals surface area contributed by atoms with Crippen LogP contribution in [-0.4, -0.2) is 8.42 Å². The van der Waals surface area contributed by atoms with Crippen molar-refractivity contribution in [1.82, 2.24) is 0 Å². The Hall–Kier alpha value is -1.68. The fourth-order valence-corrected chi connectivity index (χ4v) is 2.17. The van der Waals surface area contributed by atoms with Crippen molar-refractivity contribution in [2.45, 2.75) is 11.8 Å². The lowest BCUT2D eigenvalue weighted by Crippen LogP contribution is -1.93. The van der Waals surface area contributed by atoms with Crippen LogP contribution < -0.4 is 0 Å². The predicted octanol–water partition coefficient (Wildman–Crippen LogP) is 3.32. The summed E-state index contributed by atoms with van der Waals surface area (Å²) in [5, 5.41) is 0. The van der Waals surface area contributed by atoms with Crippen LogP contribution in [0.4, 0.5) is 3.89 Å².